The molecule has 3 nitrogen and oxygen atoms in total. The van der Waals surface area contributed by atoms with Gasteiger partial charge < -0.3 is 10.0 Å². The Morgan fingerprint density at radius 3 is 3.00 bits per heavy atom. The van der Waals surface area contributed by atoms with Crippen molar-refractivity contribution in [3.8, 4) is 0 Å². The van der Waals surface area contributed by atoms with Gasteiger partial charge in [0, 0.05) is 19.7 Å². The van der Waals surface area contributed by atoms with Gasteiger partial charge in [0.2, 0.25) is 0 Å². The van der Waals surface area contributed by atoms with E-state index >= 15 is 0 Å². The van der Waals surface area contributed by atoms with Crippen molar-refractivity contribution in [1.29, 1.82) is 0 Å². The summed E-state index contributed by atoms with van der Waals surface area (Å²) in [5.74, 6) is 0.416. The van der Waals surface area contributed by atoms with E-state index in [1.807, 2.05) is 24.0 Å². The lowest BCUT2D eigenvalue weighted by atomic mass is 9.94. The molecule has 1 aromatic rings. The highest BCUT2D eigenvalue weighted by Gasteiger charge is 2.25. The largest absolute Gasteiger partial charge is 0.396 e. The maximum Gasteiger partial charge on any atom is 0.255 e. The lowest BCUT2D eigenvalue weighted by Gasteiger charge is -2.32. The number of likely N-dealkylation sites (tertiary alicyclic amines) is 1. The molecule has 0 aliphatic carbocycles. The quantitative estimate of drug-likeness (QED) is 0.925. The molecule has 1 fully saturated rings. The fourth-order valence-corrected chi connectivity index (χ4v) is 2.95. The number of hydrogen-bond donors (Lipinski definition) is 1. The molecule has 1 amide bonds. The van der Waals surface area contributed by atoms with Gasteiger partial charge in [0.25, 0.3) is 5.91 Å². The Morgan fingerprint density at radius 1 is 1.53 bits per heavy atom. The number of aliphatic hydroxyl groups is 1. The van der Waals surface area contributed by atoms with Gasteiger partial charge >= 0.3 is 0 Å². The third-order valence-electron chi connectivity index (χ3n) is 3.70. The molecule has 1 aromatic carbocycles. The fraction of sp³-hybridized carbons (Fsp3) is 0.533. The number of aliphatic hydroxyl groups excluding tert-OH is 1. The predicted molar refractivity (Wildman–Crippen MR) is 76.5 cm³/mol. The molecule has 0 spiro atoms. The van der Waals surface area contributed by atoms with E-state index in [2.05, 4.69) is 0 Å². The lowest BCUT2D eigenvalue weighted by molar-refractivity contribution is 0.0654. The van der Waals surface area contributed by atoms with Gasteiger partial charge in [-0.2, -0.15) is 0 Å². The van der Waals surface area contributed by atoms with Crippen molar-refractivity contribution in [2.45, 2.75) is 26.2 Å². The Hall–Kier alpha value is -1.06. The minimum absolute atomic E-state index is 0.00707. The third kappa shape index (κ3) is 3.48. The smallest absolute Gasteiger partial charge is 0.255 e. The minimum Gasteiger partial charge on any atom is -0.396 e. The van der Waals surface area contributed by atoms with Crippen LogP contribution in [-0.2, 0) is 0 Å². The van der Waals surface area contributed by atoms with Gasteiger partial charge in [0.1, 0.15) is 0 Å². The van der Waals surface area contributed by atoms with Gasteiger partial charge in [0.05, 0.1) is 10.6 Å². The first-order valence-electron chi connectivity index (χ1n) is 6.78. The van der Waals surface area contributed by atoms with Crippen LogP contribution in [0, 0.1) is 12.8 Å². The molecule has 0 radical (unpaired) electrons. The third-order valence-corrected chi connectivity index (χ3v) is 4.01. The Labute approximate surface area is 119 Å². The summed E-state index contributed by atoms with van der Waals surface area (Å²) in [5, 5.41) is 9.53. The zero-order valence-corrected chi connectivity index (χ0v) is 12.0. The highest BCUT2D eigenvalue weighted by Crippen LogP contribution is 2.24. The number of aryl methyl sites for hydroxylation is 1. The summed E-state index contributed by atoms with van der Waals surface area (Å²) in [7, 11) is 0. The van der Waals surface area contributed by atoms with Gasteiger partial charge in [-0.1, -0.05) is 17.7 Å². The number of benzene rings is 1. The van der Waals surface area contributed by atoms with Crippen LogP contribution in [0.5, 0.6) is 0 Å². The summed E-state index contributed by atoms with van der Waals surface area (Å²) in [6, 6.07) is 5.54. The van der Waals surface area contributed by atoms with E-state index in [-0.39, 0.29) is 12.5 Å². The molecule has 104 valence electrons. The van der Waals surface area contributed by atoms with Crippen molar-refractivity contribution in [3.63, 3.8) is 0 Å². The zero-order chi connectivity index (χ0) is 13.8. The number of nitrogens with zero attached hydrogens (tertiary/aromatic N) is 1. The standard InChI is InChI=1S/C15H20ClNO2/c1-11-4-5-13(14(16)9-11)15(19)17-7-2-3-12(10-17)6-8-18/h4-5,9,12,18H,2-3,6-8,10H2,1H3. The molecule has 0 bridgehead atoms. The molecule has 2 rings (SSSR count). The minimum atomic E-state index is 0.00707. The van der Waals surface area contributed by atoms with E-state index < -0.39 is 0 Å². The number of halogens is 1. The van der Waals surface area contributed by atoms with Crippen molar-refractivity contribution in [3.05, 3.63) is 34.3 Å². The van der Waals surface area contributed by atoms with Crippen LogP contribution in [0.15, 0.2) is 18.2 Å². The maximum absolute atomic E-state index is 12.5. The molecular formula is C15H20ClNO2. The lowest BCUT2D eigenvalue weighted by Crippen LogP contribution is -2.40. The Balaban J connectivity index is 2.10. The van der Waals surface area contributed by atoms with Crippen molar-refractivity contribution in [1.82, 2.24) is 4.90 Å². The van der Waals surface area contributed by atoms with Crippen LogP contribution in [-0.4, -0.2) is 35.6 Å². The second-order valence-electron chi connectivity index (χ2n) is 5.26. The Morgan fingerprint density at radius 2 is 2.32 bits per heavy atom. The molecule has 19 heavy (non-hydrogen) atoms. The van der Waals surface area contributed by atoms with Gasteiger partial charge in [-0.15, -0.1) is 0 Å². The summed E-state index contributed by atoms with van der Waals surface area (Å²) in [6.07, 6.45) is 2.86. The van der Waals surface area contributed by atoms with Crippen LogP contribution < -0.4 is 0 Å². The first-order chi connectivity index (χ1) is 9.11. The number of rotatable bonds is 3. The first kappa shape index (κ1) is 14.4. The van der Waals surface area contributed by atoms with Crippen LogP contribution in [0.2, 0.25) is 5.02 Å². The second-order valence-corrected chi connectivity index (χ2v) is 5.66. The van der Waals surface area contributed by atoms with Crippen molar-refractivity contribution >= 4 is 17.5 Å². The summed E-state index contributed by atoms with van der Waals surface area (Å²) < 4.78 is 0. The molecule has 4 heteroatoms. The summed E-state index contributed by atoms with van der Waals surface area (Å²) in [5.41, 5.74) is 1.63. The monoisotopic (exact) mass is 281 g/mol. The van der Waals surface area contributed by atoms with Gasteiger partial charge in [-0.25, -0.2) is 0 Å². The average molecular weight is 282 g/mol. The molecule has 0 aromatic heterocycles. The van der Waals surface area contributed by atoms with E-state index in [1.165, 1.54) is 0 Å². The van der Waals surface area contributed by atoms with Gasteiger partial charge in [-0.3, -0.25) is 4.79 Å². The topological polar surface area (TPSA) is 40.5 Å². The normalized spacial score (nSPS) is 19.5. The van der Waals surface area contributed by atoms with E-state index in [9.17, 15) is 4.79 Å². The number of hydrogen-bond acceptors (Lipinski definition) is 2. The molecule has 1 unspecified atom stereocenters. The van der Waals surface area contributed by atoms with Crippen molar-refractivity contribution in [2.75, 3.05) is 19.7 Å². The molecule has 1 aliphatic rings. The highest BCUT2D eigenvalue weighted by atomic mass is 35.5. The number of piperidine rings is 1. The van der Waals surface area contributed by atoms with Gasteiger partial charge in [0.15, 0.2) is 0 Å². The summed E-state index contributed by atoms with van der Waals surface area (Å²) in [6.45, 7) is 3.66. The van der Waals surface area contributed by atoms with E-state index in [1.54, 1.807) is 6.07 Å². The van der Waals surface area contributed by atoms with Crippen LogP contribution >= 0.6 is 11.6 Å². The van der Waals surface area contributed by atoms with E-state index in [4.69, 9.17) is 16.7 Å². The molecule has 1 saturated heterocycles. The first-order valence-corrected chi connectivity index (χ1v) is 7.16. The molecular weight excluding hydrogens is 262 g/mol. The van der Waals surface area contributed by atoms with E-state index in [0.717, 1.165) is 37.9 Å². The summed E-state index contributed by atoms with van der Waals surface area (Å²) >= 11 is 6.15. The van der Waals surface area contributed by atoms with E-state index in [0.29, 0.717) is 16.5 Å². The van der Waals surface area contributed by atoms with Crippen molar-refractivity contribution < 1.29 is 9.90 Å². The molecule has 1 heterocycles. The molecule has 1 N–H and O–H groups in total. The second kappa shape index (κ2) is 6.40. The van der Waals surface area contributed by atoms with Crippen LogP contribution in [0.25, 0.3) is 0 Å². The average Bonchev–Trinajstić information content (AvgIpc) is 2.39. The molecule has 0 saturated carbocycles. The summed E-state index contributed by atoms with van der Waals surface area (Å²) in [4.78, 5) is 14.3. The highest BCUT2D eigenvalue weighted by molar-refractivity contribution is 6.33. The van der Waals surface area contributed by atoms with Crippen molar-refractivity contribution in [2.24, 2.45) is 5.92 Å². The Bertz CT molecular complexity index is 459. The fourth-order valence-electron chi connectivity index (χ4n) is 2.63. The molecule has 1 aliphatic heterocycles. The van der Waals surface area contributed by atoms with Crippen LogP contribution in [0.3, 0.4) is 0 Å². The number of amides is 1. The van der Waals surface area contributed by atoms with Crippen LogP contribution in [0.4, 0.5) is 0 Å². The SMILES string of the molecule is Cc1ccc(C(=O)N2CCCC(CCO)C2)c(Cl)c1. The van der Waals surface area contributed by atoms with Crippen LogP contribution in [0.1, 0.15) is 35.2 Å². The molecule has 1 atom stereocenters. The maximum atomic E-state index is 12.5. The number of carbonyl (C=O) groups is 1. The zero-order valence-electron chi connectivity index (χ0n) is 11.2. The number of carbonyl (C=O) groups excluding carboxylic acids is 1. The predicted octanol–water partition coefficient (Wildman–Crippen LogP) is 2.88. The Kier molecular flexibility index (Phi) is 4.83. The van der Waals surface area contributed by atoms with Gasteiger partial charge in [-0.05, 0) is 49.8 Å².